The van der Waals surface area contributed by atoms with E-state index in [-0.39, 0.29) is 23.9 Å². The molecule has 1 atom stereocenters. The molecule has 1 heterocycles. The fraction of sp³-hybridized carbons (Fsp3) is 0.417. The molecule has 1 N–H and O–H groups in total. The minimum atomic E-state index is -0.131. The molecular weight excluding hydrogens is 362 g/mol. The maximum atomic E-state index is 12.8. The fourth-order valence-corrected chi connectivity index (χ4v) is 3.65. The van der Waals surface area contributed by atoms with E-state index in [1.807, 2.05) is 42.5 Å². The van der Waals surface area contributed by atoms with Crippen LogP contribution in [0.2, 0.25) is 0 Å². The molecule has 5 nitrogen and oxygen atoms in total. The molecule has 0 fully saturated rings. The Labute approximate surface area is 173 Å². The zero-order valence-electron chi connectivity index (χ0n) is 18.0. The molecule has 0 unspecified atom stereocenters. The number of amides is 1. The molecule has 154 valence electrons. The summed E-state index contributed by atoms with van der Waals surface area (Å²) in [7, 11) is 1.65. The van der Waals surface area contributed by atoms with E-state index in [9.17, 15) is 4.79 Å². The van der Waals surface area contributed by atoms with Crippen LogP contribution in [0, 0.1) is 5.92 Å². The lowest BCUT2D eigenvalue weighted by Gasteiger charge is -2.25. The van der Waals surface area contributed by atoms with Crippen LogP contribution in [-0.2, 0) is 11.2 Å². The summed E-state index contributed by atoms with van der Waals surface area (Å²) < 4.78 is 7.43. The number of aromatic nitrogens is 2. The molecule has 0 aliphatic heterocycles. The molecule has 0 radical (unpaired) electrons. The smallest absolute Gasteiger partial charge is 0.220 e. The number of benzene rings is 2. The summed E-state index contributed by atoms with van der Waals surface area (Å²) in [6.07, 6.45) is 1.14. The second-order valence-corrected chi connectivity index (χ2v) is 8.06. The Morgan fingerprint density at radius 3 is 2.38 bits per heavy atom. The average molecular weight is 394 g/mol. The van der Waals surface area contributed by atoms with Crippen molar-refractivity contribution >= 4 is 16.9 Å². The van der Waals surface area contributed by atoms with Crippen molar-refractivity contribution in [1.82, 2.24) is 14.9 Å². The van der Waals surface area contributed by atoms with Crippen molar-refractivity contribution in [3.05, 3.63) is 59.9 Å². The lowest BCUT2D eigenvalue weighted by Crippen LogP contribution is -2.34. The largest absolute Gasteiger partial charge is 0.497 e. The summed E-state index contributed by atoms with van der Waals surface area (Å²) in [5.74, 6) is 2.02. The van der Waals surface area contributed by atoms with Gasteiger partial charge in [-0.05, 0) is 56.0 Å². The number of carbonyl (C=O) groups is 1. The number of aryl methyl sites for hydroxylation is 1. The maximum absolute atomic E-state index is 12.8. The van der Waals surface area contributed by atoms with Crippen molar-refractivity contribution < 1.29 is 9.53 Å². The first-order chi connectivity index (χ1) is 13.9. The van der Waals surface area contributed by atoms with Gasteiger partial charge in [0, 0.05) is 12.5 Å². The number of para-hydroxylation sites is 2. The number of ether oxygens (including phenoxy) is 1. The Kier molecular flexibility index (Phi) is 6.57. The highest BCUT2D eigenvalue weighted by Crippen LogP contribution is 2.29. The first-order valence-electron chi connectivity index (χ1n) is 10.3. The van der Waals surface area contributed by atoms with Crippen LogP contribution < -0.4 is 10.1 Å². The van der Waals surface area contributed by atoms with Crippen LogP contribution in [0.15, 0.2) is 48.5 Å². The molecule has 0 spiro atoms. The third-order valence-corrected chi connectivity index (χ3v) is 5.20. The van der Waals surface area contributed by atoms with E-state index in [0.29, 0.717) is 12.8 Å². The normalized spacial score (nSPS) is 12.5. The Hall–Kier alpha value is -2.82. The van der Waals surface area contributed by atoms with Gasteiger partial charge in [-0.15, -0.1) is 0 Å². The van der Waals surface area contributed by atoms with Crippen molar-refractivity contribution in [3.8, 4) is 5.75 Å². The maximum Gasteiger partial charge on any atom is 0.220 e. The number of nitrogens with zero attached hydrogens (tertiary/aromatic N) is 2. The number of nitrogens with one attached hydrogen (secondary N) is 1. The summed E-state index contributed by atoms with van der Waals surface area (Å²) in [6.45, 7) is 8.55. The summed E-state index contributed by atoms with van der Waals surface area (Å²) in [5, 5.41) is 3.23. The predicted octanol–water partition coefficient (Wildman–Crippen LogP) is 5.07. The van der Waals surface area contributed by atoms with Crippen LogP contribution in [0.5, 0.6) is 5.75 Å². The lowest BCUT2D eigenvalue weighted by atomic mass is 10.0. The predicted molar refractivity (Wildman–Crippen MR) is 117 cm³/mol. The Morgan fingerprint density at radius 2 is 1.76 bits per heavy atom. The summed E-state index contributed by atoms with van der Waals surface area (Å²) >= 11 is 0. The molecule has 1 amide bonds. The van der Waals surface area contributed by atoms with E-state index in [0.717, 1.165) is 28.2 Å². The van der Waals surface area contributed by atoms with E-state index < -0.39 is 0 Å². The van der Waals surface area contributed by atoms with E-state index >= 15 is 0 Å². The van der Waals surface area contributed by atoms with Gasteiger partial charge in [0.25, 0.3) is 0 Å². The number of methoxy groups -OCH3 is 1. The summed E-state index contributed by atoms with van der Waals surface area (Å²) in [4.78, 5) is 17.6. The molecular formula is C24H31N3O2. The van der Waals surface area contributed by atoms with Gasteiger partial charge in [-0.3, -0.25) is 4.79 Å². The van der Waals surface area contributed by atoms with Gasteiger partial charge in [-0.2, -0.15) is 0 Å². The van der Waals surface area contributed by atoms with Crippen LogP contribution >= 0.6 is 0 Å². The molecule has 3 rings (SSSR count). The topological polar surface area (TPSA) is 56.1 Å². The molecule has 29 heavy (non-hydrogen) atoms. The van der Waals surface area contributed by atoms with Crippen molar-refractivity contribution in [1.29, 1.82) is 0 Å². The highest BCUT2D eigenvalue weighted by Gasteiger charge is 2.25. The number of carbonyl (C=O) groups excluding carboxylic acids is 1. The highest BCUT2D eigenvalue weighted by atomic mass is 16.5. The monoisotopic (exact) mass is 393 g/mol. The molecule has 0 saturated carbocycles. The van der Waals surface area contributed by atoms with Crippen LogP contribution in [-0.4, -0.2) is 22.6 Å². The number of fused-ring (bicyclic) bond motifs is 1. The van der Waals surface area contributed by atoms with E-state index in [1.54, 1.807) is 7.11 Å². The highest BCUT2D eigenvalue weighted by molar-refractivity contribution is 5.78. The number of hydrogen-bond donors (Lipinski definition) is 1. The van der Waals surface area contributed by atoms with Gasteiger partial charge in [0.1, 0.15) is 11.6 Å². The van der Waals surface area contributed by atoms with Crippen LogP contribution in [0.25, 0.3) is 11.0 Å². The van der Waals surface area contributed by atoms with E-state index in [2.05, 4.69) is 43.6 Å². The van der Waals surface area contributed by atoms with Gasteiger partial charge >= 0.3 is 0 Å². The van der Waals surface area contributed by atoms with Crippen molar-refractivity contribution in [3.63, 3.8) is 0 Å². The quantitative estimate of drug-likeness (QED) is 0.581. The molecule has 0 aliphatic rings. The Morgan fingerprint density at radius 1 is 1.07 bits per heavy atom. The first kappa shape index (κ1) is 20.9. The fourth-order valence-electron chi connectivity index (χ4n) is 3.65. The zero-order valence-corrected chi connectivity index (χ0v) is 18.0. The molecule has 0 bridgehead atoms. The van der Waals surface area contributed by atoms with Crippen LogP contribution in [0.1, 0.15) is 57.6 Å². The first-order valence-corrected chi connectivity index (χ1v) is 10.3. The van der Waals surface area contributed by atoms with Crippen molar-refractivity contribution in [2.45, 2.75) is 52.6 Å². The Balaban J connectivity index is 1.77. The molecule has 5 heteroatoms. The van der Waals surface area contributed by atoms with Crippen molar-refractivity contribution in [2.75, 3.05) is 7.11 Å². The number of rotatable bonds is 8. The average Bonchev–Trinajstić information content (AvgIpc) is 3.10. The summed E-state index contributed by atoms with van der Waals surface area (Å²) in [6, 6.07) is 16.1. The molecule has 0 aliphatic carbocycles. The molecule has 1 aromatic heterocycles. The second kappa shape index (κ2) is 9.12. The van der Waals surface area contributed by atoms with Gasteiger partial charge in [-0.1, -0.05) is 38.1 Å². The molecule has 2 aromatic carbocycles. The summed E-state index contributed by atoms with van der Waals surface area (Å²) in [5.41, 5.74) is 3.20. The van der Waals surface area contributed by atoms with E-state index in [4.69, 9.17) is 9.72 Å². The molecule has 0 saturated heterocycles. The minimum Gasteiger partial charge on any atom is -0.497 e. The SMILES string of the molecule is COc1ccc(CCC(=O)N[C@@H](c2nc3ccccc3n2C(C)C)C(C)C)cc1. The van der Waals surface area contributed by atoms with Crippen LogP contribution in [0.3, 0.4) is 0 Å². The second-order valence-electron chi connectivity index (χ2n) is 8.06. The zero-order chi connectivity index (χ0) is 21.0. The molecule has 3 aromatic rings. The Bertz CT molecular complexity index is 958. The van der Waals surface area contributed by atoms with Gasteiger partial charge < -0.3 is 14.6 Å². The number of imidazole rings is 1. The van der Waals surface area contributed by atoms with Crippen molar-refractivity contribution in [2.24, 2.45) is 5.92 Å². The van der Waals surface area contributed by atoms with Crippen LogP contribution in [0.4, 0.5) is 0 Å². The van der Waals surface area contributed by atoms with Gasteiger partial charge in [0.15, 0.2) is 0 Å². The van der Waals surface area contributed by atoms with Gasteiger partial charge in [-0.25, -0.2) is 4.98 Å². The third-order valence-electron chi connectivity index (χ3n) is 5.20. The minimum absolute atomic E-state index is 0.0434. The van der Waals surface area contributed by atoms with Gasteiger partial charge in [0.05, 0.1) is 24.2 Å². The number of hydrogen-bond acceptors (Lipinski definition) is 3. The van der Waals surface area contributed by atoms with E-state index in [1.165, 1.54) is 0 Å². The standard InChI is InChI=1S/C24H31N3O2/c1-16(2)23(24-25-20-8-6-7-9-21(20)27(24)17(3)4)26-22(28)15-12-18-10-13-19(29-5)14-11-18/h6-11,13-14,16-17,23H,12,15H2,1-5H3,(H,26,28)/t23-/m1/s1. The third kappa shape index (κ3) is 4.78. The lowest BCUT2D eigenvalue weighted by molar-refractivity contribution is -0.122. The van der Waals surface area contributed by atoms with Gasteiger partial charge in [0.2, 0.25) is 5.91 Å².